The van der Waals surface area contributed by atoms with Crippen LogP contribution in [-0.4, -0.2) is 30.0 Å². The van der Waals surface area contributed by atoms with Crippen molar-refractivity contribution in [3.63, 3.8) is 0 Å². The van der Waals surface area contributed by atoms with Crippen LogP contribution in [-0.2, 0) is 6.54 Å². The molecule has 0 amide bonds. The van der Waals surface area contributed by atoms with Crippen molar-refractivity contribution in [1.29, 1.82) is 0 Å². The maximum Gasteiger partial charge on any atom is 0.269 e. The van der Waals surface area contributed by atoms with Crippen LogP contribution in [0.5, 0.6) is 0 Å². The van der Waals surface area contributed by atoms with Crippen molar-refractivity contribution in [3.05, 3.63) is 70.3 Å². The number of nitro groups is 1. The number of nitro benzene ring substituents is 1. The molecule has 5 heteroatoms. The van der Waals surface area contributed by atoms with Gasteiger partial charge in [0.2, 0.25) is 0 Å². The van der Waals surface area contributed by atoms with Gasteiger partial charge < -0.3 is 10.2 Å². The van der Waals surface area contributed by atoms with E-state index >= 15 is 0 Å². The Bertz CT molecular complexity index is 585. The molecule has 0 aliphatic heterocycles. The molecule has 0 fully saturated rings. The zero-order valence-corrected chi connectivity index (χ0v) is 12.7. The van der Waals surface area contributed by atoms with Crippen LogP contribution >= 0.6 is 0 Å². The zero-order chi connectivity index (χ0) is 15.8. The molecular formula is C17H21N3O2. The van der Waals surface area contributed by atoms with Gasteiger partial charge in [0.15, 0.2) is 0 Å². The Labute approximate surface area is 130 Å². The lowest BCUT2D eigenvalue weighted by Crippen LogP contribution is -2.21. The minimum Gasteiger partial charge on any atom is -0.385 e. The quantitative estimate of drug-likeness (QED) is 0.460. The third-order valence-corrected chi connectivity index (χ3v) is 3.42. The third kappa shape index (κ3) is 5.18. The third-order valence-electron chi connectivity index (χ3n) is 3.42. The first-order valence-electron chi connectivity index (χ1n) is 7.36. The average Bonchev–Trinajstić information content (AvgIpc) is 2.53. The molecule has 0 aromatic heterocycles. The second kappa shape index (κ2) is 8.14. The largest absolute Gasteiger partial charge is 0.385 e. The molecule has 0 radical (unpaired) electrons. The lowest BCUT2D eigenvalue weighted by atomic mass is 10.2. The van der Waals surface area contributed by atoms with Gasteiger partial charge in [-0.05, 0) is 37.7 Å². The molecule has 0 atom stereocenters. The lowest BCUT2D eigenvalue weighted by molar-refractivity contribution is -0.384. The molecule has 22 heavy (non-hydrogen) atoms. The van der Waals surface area contributed by atoms with Gasteiger partial charge in [0.05, 0.1) is 4.92 Å². The highest BCUT2D eigenvalue weighted by molar-refractivity contribution is 5.48. The average molecular weight is 299 g/mol. The maximum atomic E-state index is 10.6. The first-order valence-corrected chi connectivity index (χ1v) is 7.36. The van der Waals surface area contributed by atoms with Gasteiger partial charge in [0.25, 0.3) is 5.69 Å². The summed E-state index contributed by atoms with van der Waals surface area (Å²) in [4.78, 5) is 12.5. The van der Waals surface area contributed by atoms with E-state index in [9.17, 15) is 10.1 Å². The van der Waals surface area contributed by atoms with Crippen LogP contribution in [0.3, 0.4) is 0 Å². The Kier molecular flexibility index (Phi) is 5.91. The smallest absolute Gasteiger partial charge is 0.269 e. The molecule has 0 heterocycles. The second-order valence-electron chi connectivity index (χ2n) is 5.31. The number of hydrogen-bond donors (Lipinski definition) is 1. The molecule has 0 spiro atoms. The van der Waals surface area contributed by atoms with Crippen molar-refractivity contribution in [2.24, 2.45) is 0 Å². The zero-order valence-electron chi connectivity index (χ0n) is 12.7. The molecule has 2 aromatic carbocycles. The number of nitrogens with zero attached hydrogens (tertiary/aromatic N) is 2. The fourth-order valence-corrected chi connectivity index (χ4v) is 2.26. The normalized spacial score (nSPS) is 10.6. The van der Waals surface area contributed by atoms with Gasteiger partial charge >= 0.3 is 0 Å². The molecule has 0 unspecified atom stereocenters. The van der Waals surface area contributed by atoms with Crippen LogP contribution in [0.1, 0.15) is 12.0 Å². The van der Waals surface area contributed by atoms with E-state index in [2.05, 4.69) is 41.5 Å². The van der Waals surface area contributed by atoms with E-state index in [-0.39, 0.29) is 10.6 Å². The highest BCUT2D eigenvalue weighted by Gasteiger charge is 2.03. The molecular weight excluding hydrogens is 278 g/mol. The van der Waals surface area contributed by atoms with Crippen LogP contribution in [0.25, 0.3) is 0 Å². The SMILES string of the molecule is CN(CCCNc1ccc([N+](=O)[O-])cc1)Cc1ccccc1. The standard InChI is InChI=1S/C17H21N3O2/c1-19(14-15-6-3-2-4-7-15)13-5-12-18-16-8-10-17(11-9-16)20(21)22/h2-4,6-11,18H,5,12-14H2,1H3. The summed E-state index contributed by atoms with van der Waals surface area (Å²) in [7, 11) is 2.11. The monoisotopic (exact) mass is 299 g/mol. The highest BCUT2D eigenvalue weighted by atomic mass is 16.6. The number of rotatable bonds is 8. The van der Waals surface area contributed by atoms with E-state index in [4.69, 9.17) is 0 Å². The number of benzene rings is 2. The molecule has 2 rings (SSSR count). The van der Waals surface area contributed by atoms with Gasteiger partial charge in [0, 0.05) is 30.9 Å². The second-order valence-corrected chi connectivity index (χ2v) is 5.31. The summed E-state index contributed by atoms with van der Waals surface area (Å²) >= 11 is 0. The van der Waals surface area contributed by atoms with Crippen LogP contribution in [0, 0.1) is 10.1 Å². The molecule has 5 nitrogen and oxygen atoms in total. The van der Waals surface area contributed by atoms with E-state index in [1.165, 1.54) is 17.7 Å². The van der Waals surface area contributed by atoms with Crippen molar-refractivity contribution in [1.82, 2.24) is 4.90 Å². The fraction of sp³-hybridized carbons (Fsp3) is 0.294. The minimum atomic E-state index is -0.387. The first-order chi connectivity index (χ1) is 10.6. The van der Waals surface area contributed by atoms with Crippen molar-refractivity contribution in [2.75, 3.05) is 25.5 Å². The van der Waals surface area contributed by atoms with Crippen molar-refractivity contribution in [2.45, 2.75) is 13.0 Å². The summed E-state index contributed by atoms with van der Waals surface area (Å²) in [6, 6.07) is 16.9. The van der Waals surface area contributed by atoms with E-state index < -0.39 is 0 Å². The molecule has 0 aliphatic carbocycles. The van der Waals surface area contributed by atoms with Gasteiger partial charge in [-0.1, -0.05) is 30.3 Å². The Balaban J connectivity index is 1.67. The minimum absolute atomic E-state index is 0.119. The fourth-order valence-electron chi connectivity index (χ4n) is 2.26. The number of nitrogens with one attached hydrogen (secondary N) is 1. The predicted molar refractivity (Wildman–Crippen MR) is 89.0 cm³/mol. The van der Waals surface area contributed by atoms with Gasteiger partial charge in [-0.3, -0.25) is 10.1 Å². The van der Waals surface area contributed by atoms with Crippen LogP contribution in [0.2, 0.25) is 0 Å². The van der Waals surface area contributed by atoms with Crippen LogP contribution < -0.4 is 5.32 Å². The van der Waals surface area contributed by atoms with Crippen LogP contribution in [0.4, 0.5) is 11.4 Å². The van der Waals surface area contributed by atoms with Crippen molar-refractivity contribution in [3.8, 4) is 0 Å². The summed E-state index contributed by atoms with van der Waals surface area (Å²) < 4.78 is 0. The van der Waals surface area contributed by atoms with Crippen molar-refractivity contribution < 1.29 is 4.92 Å². The molecule has 1 N–H and O–H groups in total. The van der Waals surface area contributed by atoms with E-state index in [1.807, 2.05) is 6.07 Å². The summed E-state index contributed by atoms with van der Waals surface area (Å²) in [5.74, 6) is 0. The summed E-state index contributed by atoms with van der Waals surface area (Å²) in [6.07, 6.45) is 1.01. The van der Waals surface area contributed by atoms with E-state index in [0.717, 1.165) is 31.7 Å². The first kappa shape index (κ1) is 16.0. The number of hydrogen-bond acceptors (Lipinski definition) is 4. The molecule has 0 aliphatic rings. The van der Waals surface area contributed by atoms with Gasteiger partial charge in [-0.2, -0.15) is 0 Å². The predicted octanol–water partition coefficient (Wildman–Crippen LogP) is 3.53. The Hall–Kier alpha value is -2.40. The maximum absolute atomic E-state index is 10.6. The Morgan fingerprint density at radius 1 is 1.09 bits per heavy atom. The number of non-ortho nitro benzene ring substituents is 1. The van der Waals surface area contributed by atoms with E-state index in [0.29, 0.717) is 0 Å². The summed E-state index contributed by atoms with van der Waals surface area (Å²) in [5.41, 5.74) is 2.35. The molecule has 0 saturated heterocycles. The topological polar surface area (TPSA) is 58.4 Å². The van der Waals surface area contributed by atoms with E-state index in [1.54, 1.807) is 12.1 Å². The molecule has 2 aromatic rings. The molecule has 116 valence electrons. The lowest BCUT2D eigenvalue weighted by Gasteiger charge is -2.17. The Morgan fingerprint density at radius 3 is 2.41 bits per heavy atom. The van der Waals surface area contributed by atoms with Crippen molar-refractivity contribution >= 4 is 11.4 Å². The Morgan fingerprint density at radius 2 is 1.77 bits per heavy atom. The van der Waals surface area contributed by atoms with Crippen LogP contribution in [0.15, 0.2) is 54.6 Å². The number of anilines is 1. The van der Waals surface area contributed by atoms with Gasteiger partial charge in [-0.25, -0.2) is 0 Å². The van der Waals surface area contributed by atoms with Gasteiger partial charge in [0.1, 0.15) is 0 Å². The molecule has 0 saturated carbocycles. The van der Waals surface area contributed by atoms with Gasteiger partial charge in [-0.15, -0.1) is 0 Å². The summed E-state index contributed by atoms with van der Waals surface area (Å²) in [6.45, 7) is 2.78. The summed E-state index contributed by atoms with van der Waals surface area (Å²) in [5, 5.41) is 13.9. The molecule has 0 bridgehead atoms. The highest BCUT2D eigenvalue weighted by Crippen LogP contribution is 2.15.